The third kappa shape index (κ3) is 5.55. The van der Waals surface area contributed by atoms with Crippen molar-refractivity contribution in [2.75, 3.05) is 18.8 Å². The number of halogens is 1. The molecule has 0 N–H and O–H groups in total. The van der Waals surface area contributed by atoms with E-state index in [-0.39, 0.29) is 18.3 Å². The van der Waals surface area contributed by atoms with Gasteiger partial charge in [-0.05, 0) is 24.3 Å². The SMILES string of the molecule is O=C(OCc1ccccc1)N1CCC[C@@H](CS(=O)(=O)Cl)C1. The van der Waals surface area contributed by atoms with E-state index in [1.54, 1.807) is 4.90 Å². The number of hydrogen-bond donors (Lipinski definition) is 0. The number of ether oxygens (including phenoxy) is 1. The maximum atomic E-state index is 12.0. The number of carbonyl (C=O) groups is 1. The highest BCUT2D eigenvalue weighted by Crippen LogP contribution is 2.20. The van der Waals surface area contributed by atoms with Gasteiger partial charge in [0.05, 0.1) is 5.75 Å². The van der Waals surface area contributed by atoms with Crippen LogP contribution in [0.1, 0.15) is 18.4 Å². The zero-order valence-corrected chi connectivity index (χ0v) is 13.1. The van der Waals surface area contributed by atoms with E-state index >= 15 is 0 Å². The molecular formula is C14H18ClNO4S. The topological polar surface area (TPSA) is 63.7 Å². The van der Waals surface area contributed by atoms with Crippen LogP contribution in [0.4, 0.5) is 4.79 Å². The van der Waals surface area contributed by atoms with Crippen LogP contribution in [-0.4, -0.2) is 38.3 Å². The summed E-state index contributed by atoms with van der Waals surface area (Å²) in [7, 11) is 1.74. The van der Waals surface area contributed by atoms with Crippen molar-refractivity contribution >= 4 is 25.8 Å². The van der Waals surface area contributed by atoms with Crippen LogP contribution in [0.2, 0.25) is 0 Å². The lowest BCUT2D eigenvalue weighted by Gasteiger charge is -2.31. The summed E-state index contributed by atoms with van der Waals surface area (Å²) >= 11 is 0. The number of benzene rings is 1. The Balaban J connectivity index is 1.84. The summed E-state index contributed by atoms with van der Waals surface area (Å²) in [6.45, 7) is 1.18. The summed E-state index contributed by atoms with van der Waals surface area (Å²) in [5, 5.41) is 0. The van der Waals surface area contributed by atoms with Gasteiger partial charge in [-0.1, -0.05) is 30.3 Å². The Kier molecular flexibility index (Phi) is 5.47. The van der Waals surface area contributed by atoms with Crippen LogP contribution < -0.4 is 0 Å². The normalized spacial score (nSPS) is 19.3. The Labute approximate surface area is 129 Å². The summed E-state index contributed by atoms with van der Waals surface area (Å²) in [5.41, 5.74) is 0.919. The molecule has 0 bridgehead atoms. The average Bonchev–Trinajstić information content (AvgIpc) is 2.44. The van der Waals surface area contributed by atoms with Crippen molar-refractivity contribution in [1.29, 1.82) is 0 Å². The van der Waals surface area contributed by atoms with Gasteiger partial charge in [0, 0.05) is 23.8 Å². The van der Waals surface area contributed by atoms with E-state index in [1.165, 1.54) is 0 Å². The average molecular weight is 332 g/mol. The molecule has 1 saturated heterocycles. The molecule has 0 radical (unpaired) electrons. The fourth-order valence-electron chi connectivity index (χ4n) is 2.46. The summed E-state index contributed by atoms with van der Waals surface area (Å²) in [6, 6.07) is 9.42. The van der Waals surface area contributed by atoms with Crippen LogP contribution in [0, 0.1) is 5.92 Å². The number of nitrogens with zero attached hydrogens (tertiary/aromatic N) is 1. The third-order valence-electron chi connectivity index (χ3n) is 3.42. The van der Waals surface area contributed by atoms with Crippen LogP contribution >= 0.6 is 10.7 Å². The molecule has 1 aromatic carbocycles. The quantitative estimate of drug-likeness (QED) is 0.795. The lowest BCUT2D eigenvalue weighted by Crippen LogP contribution is -2.41. The molecule has 0 saturated carbocycles. The summed E-state index contributed by atoms with van der Waals surface area (Å²) < 4.78 is 27.5. The van der Waals surface area contributed by atoms with Crippen molar-refractivity contribution in [2.45, 2.75) is 19.4 Å². The van der Waals surface area contributed by atoms with Crippen molar-refractivity contribution in [2.24, 2.45) is 5.92 Å². The Morgan fingerprint density at radius 1 is 1.33 bits per heavy atom. The summed E-state index contributed by atoms with van der Waals surface area (Å²) in [5.74, 6) is -0.220. The van der Waals surface area contributed by atoms with E-state index in [0.29, 0.717) is 13.1 Å². The Morgan fingerprint density at radius 2 is 2.05 bits per heavy atom. The van der Waals surface area contributed by atoms with Crippen LogP contribution in [0.3, 0.4) is 0 Å². The molecule has 1 heterocycles. The molecule has 0 aromatic heterocycles. The van der Waals surface area contributed by atoms with Gasteiger partial charge in [-0.3, -0.25) is 0 Å². The third-order valence-corrected chi connectivity index (χ3v) is 4.66. The lowest BCUT2D eigenvalue weighted by atomic mass is 10.0. The predicted molar refractivity (Wildman–Crippen MR) is 80.6 cm³/mol. The molecule has 1 aromatic rings. The van der Waals surface area contributed by atoms with Gasteiger partial charge in [0.15, 0.2) is 0 Å². The molecule has 116 valence electrons. The van der Waals surface area contributed by atoms with Crippen molar-refractivity contribution in [3.63, 3.8) is 0 Å². The highest BCUT2D eigenvalue weighted by molar-refractivity contribution is 8.13. The second-order valence-corrected chi connectivity index (χ2v) is 8.02. The van der Waals surface area contributed by atoms with Crippen molar-refractivity contribution in [1.82, 2.24) is 4.90 Å². The largest absolute Gasteiger partial charge is 0.445 e. The number of piperidine rings is 1. The Bertz CT molecular complexity index is 576. The zero-order chi connectivity index (χ0) is 15.3. The van der Waals surface area contributed by atoms with Gasteiger partial charge >= 0.3 is 6.09 Å². The number of rotatable bonds is 4. The van der Waals surface area contributed by atoms with Gasteiger partial charge in [0.25, 0.3) is 0 Å². The van der Waals surface area contributed by atoms with E-state index in [2.05, 4.69) is 0 Å². The fraction of sp³-hybridized carbons (Fsp3) is 0.500. The maximum Gasteiger partial charge on any atom is 0.410 e. The predicted octanol–water partition coefficient (Wildman–Crippen LogP) is 2.60. The van der Waals surface area contributed by atoms with Crippen LogP contribution in [0.25, 0.3) is 0 Å². The molecule has 2 rings (SSSR count). The van der Waals surface area contributed by atoms with Crippen LogP contribution in [-0.2, 0) is 20.4 Å². The molecule has 1 atom stereocenters. The lowest BCUT2D eigenvalue weighted by molar-refractivity contribution is 0.0813. The van der Waals surface area contributed by atoms with E-state index in [9.17, 15) is 13.2 Å². The monoisotopic (exact) mass is 331 g/mol. The minimum absolute atomic E-state index is 0.100. The molecular weight excluding hydrogens is 314 g/mol. The van der Waals surface area contributed by atoms with E-state index in [4.69, 9.17) is 15.4 Å². The minimum atomic E-state index is -3.53. The standard InChI is InChI=1S/C14H18ClNO4S/c15-21(18,19)11-13-7-4-8-16(9-13)14(17)20-10-12-5-2-1-3-6-12/h1-3,5-6,13H,4,7-11H2/t13-/m1/s1. The number of carbonyl (C=O) groups excluding carboxylic acids is 1. The molecule has 0 spiro atoms. The Morgan fingerprint density at radius 3 is 2.71 bits per heavy atom. The highest BCUT2D eigenvalue weighted by atomic mass is 35.7. The van der Waals surface area contributed by atoms with E-state index < -0.39 is 15.1 Å². The van der Waals surface area contributed by atoms with Crippen molar-refractivity contribution in [3.05, 3.63) is 35.9 Å². The van der Waals surface area contributed by atoms with Crippen molar-refractivity contribution < 1.29 is 17.9 Å². The van der Waals surface area contributed by atoms with Gasteiger partial charge in [-0.25, -0.2) is 13.2 Å². The second kappa shape index (κ2) is 7.13. The van der Waals surface area contributed by atoms with E-state index in [0.717, 1.165) is 18.4 Å². The maximum absolute atomic E-state index is 12.0. The molecule has 1 amide bonds. The van der Waals surface area contributed by atoms with Gasteiger partial charge in [0.1, 0.15) is 6.61 Å². The first kappa shape index (κ1) is 16.1. The smallest absolute Gasteiger partial charge is 0.410 e. The first-order valence-electron chi connectivity index (χ1n) is 6.82. The number of hydrogen-bond acceptors (Lipinski definition) is 4. The Hall–Kier alpha value is -1.27. The molecule has 0 unspecified atom stereocenters. The van der Waals surface area contributed by atoms with Crippen LogP contribution in [0.5, 0.6) is 0 Å². The van der Waals surface area contributed by atoms with Gasteiger partial charge in [-0.2, -0.15) is 0 Å². The molecule has 7 heteroatoms. The van der Waals surface area contributed by atoms with Gasteiger partial charge < -0.3 is 9.64 Å². The molecule has 1 fully saturated rings. The second-order valence-electron chi connectivity index (χ2n) is 5.20. The van der Waals surface area contributed by atoms with E-state index in [1.807, 2.05) is 30.3 Å². The minimum Gasteiger partial charge on any atom is -0.445 e. The zero-order valence-electron chi connectivity index (χ0n) is 11.6. The summed E-state index contributed by atoms with van der Waals surface area (Å²) in [6.07, 6.45) is 1.11. The summed E-state index contributed by atoms with van der Waals surface area (Å²) in [4.78, 5) is 13.6. The highest BCUT2D eigenvalue weighted by Gasteiger charge is 2.27. The van der Waals surface area contributed by atoms with Crippen molar-refractivity contribution in [3.8, 4) is 0 Å². The molecule has 1 aliphatic heterocycles. The molecule has 0 aliphatic carbocycles. The molecule has 5 nitrogen and oxygen atoms in total. The van der Waals surface area contributed by atoms with Gasteiger partial charge in [0.2, 0.25) is 9.05 Å². The first-order valence-corrected chi connectivity index (χ1v) is 9.30. The number of amides is 1. The van der Waals surface area contributed by atoms with Gasteiger partial charge in [-0.15, -0.1) is 0 Å². The molecule has 21 heavy (non-hydrogen) atoms. The van der Waals surface area contributed by atoms with Crippen LogP contribution in [0.15, 0.2) is 30.3 Å². The number of likely N-dealkylation sites (tertiary alicyclic amines) is 1. The molecule has 1 aliphatic rings. The first-order chi connectivity index (χ1) is 9.94. The fourth-order valence-corrected chi connectivity index (χ4v) is 3.83.